The van der Waals surface area contributed by atoms with E-state index >= 15 is 0 Å². The first kappa shape index (κ1) is 24.9. The Morgan fingerprint density at radius 2 is 1.41 bits per heavy atom. The van der Waals surface area contributed by atoms with Crippen LogP contribution in [-0.2, 0) is 22.7 Å². The van der Waals surface area contributed by atoms with Crippen LogP contribution in [0.25, 0.3) is 11.1 Å². The molecule has 1 saturated heterocycles. The lowest BCUT2D eigenvalue weighted by Crippen LogP contribution is -2.31. The predicted octanol–water partition coefficient (Wildman–Crippen LogP) is 6.82. The summed E-state index contributed by atoms with van der Waals surface area (Å²) in [5, 5.41) is 3.22. The molecular formula is C23H24ClF6NO. The first-order valence-corrected chi connectivity index (χ1v) is 10.3. The van der Waals surface area contributed by atoms with Crippen LogP contribution >= 0.6 is 12.4 Å². The number of halogens is 7. The maximum absolute atomic E-state index is 14.0. The maximum Gasteiger partial charge on any atom is 0.417 e. The molecule has 0 radical (unpaired) electrons. The minimum absolute atomic E-state index is 0. The molecule has 2 fully saturated rings. The average molecular weight is 480 g/mol. The molecule has 1 N–H and O–H groups in total. The van der Waals surface area contributed by atoms with E-state index in [1.165, 1.54) is 24.3 Å². The largest absolute Gasteiger partial charge is 0.417 e. The van der Waals surface area contributed by atoms with Gasteiger partial charge in [0.05, 0.1) is 23.3 Å². The van der Waals surface area contributed by atoms with Crippen LogP contribution in [0.15, 0.2) is 42.5 Å². The van der Waals surface area contributed by atoms with Gasteiger partial charge in [-0.05, 0) is 68.0 Å². The second-order valence-corrected chi connectivity index (χ2v) is 8.31. The Hall–Kier alpha value is -1.77. The van der Waals surface area contributed by atoms with Gasteiger partial charge >= 0.3 is 12.4 Å². The number of hydrogen-bond acceptors (Lipinski definition) is 2. The molecule has 1 heterocycles. The average Bonchev–Trinajstić information content (AvgIpc) is 3.53. The predicted molar refractivity (Wildman–Crippen MR) is 112 cm³/mol. The van der Waals surface area contributed by atoms with Gasteiger partial charge in [0.15, 0.2) is 0 Å². The van der Waals surface area contributed by atoms with Crippen molar-refractivity contribution in [2.75, 3.05) is 19.7 Å². The summed E-state index contributed by atoms with van der Waals surface area (Å²) in [6.45, 7) is 2.01. The smallest absolute Gasteiger partial charge is 0.370 e. The van der Waals surface area contributed by atoms with Gasteiger partial charge in [-0.25, -0.2) is 0 Å². The minimum atomic E-state index is -4.94. The van der Waals surface area contributed by atoms with Gasteiger partial charge < -0.3 is 10.1 Å². The van der Waals surface area contributed by atoms with Gasteiger partial charge in [0.1, 0.15) is 0 Å². The molecule has 0 bridgehead atoms. The molecular weight excluding hydrogens is 456 g/mol. The molecule has 1 saturated carbocycles. The molecule has 2 aromatic carbocycles. The summed E-state index contributed by atoms with van der Waals surface area (Å²) < 4.78 is 89.7. The Morgan fingerprint density at radius 1 is 0.875 bits per heavy atom. The van der Waals surface area contributed by atoms with Gasteiger partial charge in [0.25, 0.3) is 0 Å². The van der Waals surface area contributed by atoms with Crippen LogP contribution in [0, 0.1) is 5.92 Å². The van der Waals surface area contributed by atoms with Gasteiger partial charge in [-0.15, -0.1) is 12.4 Å². The van der Waals surface area contributed by atoms with Crippen molar-refractivity contribution in [2.45, 2.75) is 43.6 Å². The first-order valence-electron chi connectivity index (χ1n) is 10.3. The highest BCUT2D eigenvalue weighted by Crippen LogP contribution is 2.54. The van der Waals surface area contributed by atoms with Crippen molar-refractivity contribution >= 4 is 12.4 Å². The van der Waals surface area contributed by atoms with E-state index in [0.29, 0.717) is 19.4 Å². The fraction of sp³-hybridized carbons (Fsp3) is 0.478. The normalized spacial score (nSPS) is 18.8. The highest BCUT2D eigenvalue weighted by Gasteiger charge is 2.50. The second-order valence-electron chi connectivity index (χ2n) is 8.31. The third-order valence-corrected chi connectivity index (χ3v) is 6.10. The van der Waals surface area contributed by atoms with Gasteiger partial charge in [-0.2, -0.15) is 26.3 Å². The quantitative estimate of drug-likeness (QED) is 0.475. The standard InChI is InChI=1S/C23H23F6NO.ClH/c24-22(25,26)18-12-17(21(8-9-21)31-14-15-6-10-30-11-7-15)13-19(23(27,28)29)20(18)16-4-2-1-3-5-16;/h1-5,12-13,15,30H,6-11,14H2;1H. The van der Waals surface area contributed by atoms with E-state index in [4.69, 9.17) is 4.74 Å². The Kier molecular flexibility index (Phi) is 7.17. The van der Waals surface area contributed by atoms with Gasteiger partial charge in [0, 0.05) is 5.56 Å². The zero-order valence-corrected chi connectivity index (χ0v) is 18.0. The van der Waals surface area contributed by atoms with Crippen molar-refractivity contribution in [3.05, 3.63) is 59.2 Å². The topological polar surface area (TPSA) is 21.3 Å². The van der Waals surface area contributed by atoms with Gasteiger partial charge in [0.2, 0.25) is 0 Å². The van der Waals surface area contributed by atoms with E-state index in [0.717, 1.165) is 38.1 Å². The number of ether oxygens (including phenoxy) is 1. The number of nitrogens with one attached hydrogen (secondary N) is 1. The Morgan fingerprint density at radius 3 is 1.88 bits per heavy atom. The summed E-state index contributed by atoms with van der Waals surface area (Å²) in [6.07, 6.45) is -7.29. The lowest BCUT2D eigenvalue weighted by molar-refractivity contribution is -0.142. The van der Waals surface area contributed by atoms with E-state index in [1.807, 2.05) is 0 Å². The summed E-state index contributed by atoms with van der Waals surface area (Å²) in [5.74, 6) is 0.256. The maximum atomic E-state index is 14.0. The van der Waals surface area contributed by atoms with E-state index in [1.54, 1.807) is 6.07 Å². The minimum Gasteiger partial charge on any atom is -0.370 e. The third-order valence-electron chi connectivity index (χ3n) is 6.10. The molecule has 0 atom stereocenters. The van der Waals surface area contributed by atoms with Crippen LogP contribution in [-0.4, -0.2) is 19.7 Å². The third kappa shape index (κ3) is 5.24. The molecule has 4 rings (SSSR count). The first-order chi connectivity index (χ1) is 14.6. The molecule has 2 nitrogen and oxygen atoms in total. The highest BCUT2D eigenvalue weighted by molar-refractivity contribution is 5.85. The van der Waals surface area contributed by atoms with Crippen molar-refractivity contribution < 1.29 is 31.1 Å². The zero-order valence-electron chi connectivity index (χ0n) is 17.2. The Bertz CT molecular complexity index is 883. The van der Waals surface area contributed by atoms with Crippen molar-refractivity contribution in [1.82, 2.24) is 5.32 Å². The number of rotatable bonds is 5. The molecule has 32 heavy (non-hydrogen) atoms. The number of benzene rings is 2. The van der Waals surface area contributed by atoms with E-state index in [-0.39, 0.29) is 29.5 Å². The molecule has 9 heteroatoms. The number of alkyl halides is 6. The Balaban J connectivity index is 0.00000289. The van der Waals surface area contributed by atoms with Crippen LogP contribution in [0.3, 0.4) is 0 Å². The lowest BCUT2D eigenvalue weighted by atomic mass is 9.89. The SMILES string of the molecule is Cl.FC(F)(F)c1cc(C2(OCC3CCNCC3)CC2)cc(C(F)(F)F)c1-c1ccccc1. The van der Waals surface area contributed by atoms with Crippen LogP contribution in [0.5, 0.6) is 0 Å². The van der Waals surface area contributed by atoms with E-state index in [2.05, 4.69) is 5.32 Å². The molecule has 0 spiro atoms. The van der Waals surface area contributed by atoms with Crippen molar-refractivity contribution in [2.24, 2.45) is 5.92 Å². The summed E-state index contributed by atoms with van der Waals surface area (Å²) in [4.78, 5) is 0. The second kappa shape index (κ2) is 9.23. The molecule has 1 aliphatic carbocycles. The summed E-state index contributed by atoms with van der Waals surface area (Å²) in [6, 6.07) is 8.63. The van der Waals surface area contributed by atoms with Crippen LogP contribution < -0.4 is 5.32 Å². The van der Waals surface area contributed by atoms with Crippen molar-refractivity contribution in [1.29, 1.82) is 0 Å². The molecule has 0 aromatic heterocycles. The van der Waals surface area contributed by atoms with E-state index < -0.39 is 34.6 Å². The molecule has 0 amide bonds. The van der Waals surface area contributed by atoms with Crippen LogP contribution in [0.1, 0.15) is 42.4 Å². The Labute approximate surface area is 188 Å². The lowest BCUT2D eigenvalue weighted by Gasteiger charge is -2.27. The fourth-order valence-electron chi connectivity index (χ4n) is 4.22. The molecule has 2 aliphatic rings. The van der Waals surface area contributed by atoms with Crippen LogP contribution in [0.2, 0.25) is 0 Å². The van der Waals surface area contributed by atoms with Crippen molar-refractivity contribution in [3.63, 3.8) is 0 Å². The summed E-state index contributed by atoms with van der Waals surface area (Å²) >= 11 is 0. The van der Waals surface area contributed by atoms with Crippen LogP contribution in [0.4, 0.5) is 26.3 Å². The van der Waals surface area contributed by atoms with Gasteiger partial charge in [-0.1, -0.05) is 30.3 Å². The number of piperidine rings is 1. The monoisotopic (exact) mass is 479 g/mol. The molecule has 0 unspecified atom stereocenters. The summed E-state index contributed by atoms with van der Waals surface area (Å²) in [7, 11) is 0. The zero-order chi connectivity index (χ0) is 22.3. The molecule has 176 valence electrons. The van der Waals surface area contributed by atoms with E-state index in [9.17, 15) is 26.3 Å². The molecule has 1 aliphatic heterocycles. The fourth-order valence-corrected chi connectivity index (χ4v) is 4.22. The summed E-state index contributed by atoms with van der Waals surface area (Å²) in [5.41, 5.74) is -4.62. The van der Waals surface area contributed by atoms with Crippen molar-refractivity contribution in [3.8, 4) is 11.1 Å². The molecule has 2 aromatic rings. The van der Waals surface area contributed by atoms with Gasteiger partial charge in [-0.3, -0.25) is 0 Å². The highest BCUT2D eigenvalue weighted by atomic mass is 35.5. The number of hydrogen-bond donors (Lipinski definition) is 1.